The Bertz CT molecular complexity index is 513. The molecule has 5 heteroatoms. The Morgan fingerprint density at radius 2 is 2.47 bits per heavy atom. The number of benzene rings is 1. The summed E-state index contributed by atoms with van der Waals surface area (Å²) in [5, 5.41) is 0. The lowest BCUT2D eigenvalue weighted by atomic mass is 10.1. The number of thiazole rings is 1. The normalized spacial score (nSPS) is 17.6. The van der Waals surface area contributed by atoms with Crippen molar-refractivity contribution in [3.63, 3.8) is 0 Å². The SMILES string of the molecule is NC1COc2cc(OCc3cncs3)ccc21. The molecule has 0 radical (unpaired) electrons. The van der Waals surface area contributed by atoms with Crippen molar-refractivity contribution in [2.45, 2.75) is 12.6 Å². The monoisotopic (exact) mass is 248 g/mol. The molecule has 1 aliphatic rings. The van der Waals surface area contributed by atoms with Crippen LogP contribution in [0.5, 0.6) is 11.5 Å². The van der Waals surface area contributed by atoms with Crippen molar-refractivity contribution < 1.29 is 9.47 Å². The highest BCUT2D eigenvalue weighted by Gasteiger charge is 2.20. The summed E-state index contributed by atoms with van der Waals surface area (Å²) in [6.07, 6.45) is 1.81. The predicted octanol–water partition coefficient (Wildman–Crippen LogP) is 2.11. The lowest BCUT2D eigenvalue weighted by Gasteiger charge is -2.06. The molecule has 4 nitrogen and oxygen atoms in total. The summed E-state index contributed by atoms with van der Waals surface area (Å²) in [7, 11) is 0. The molecule has 88 valence electrons. The highest BCUT2D eigenvalue weighted by Crippen LogP contribution is 2.34. The Kier molecular flexibility index (Phi) is 2.70. The largest absolute Gasteiger partial charge is 0.491 e. The maximum atomic E-state index is 5.88. The summed E-state index contributed by atoms with van der Waals surface area (Å²) in [5.74, 6) is 1.63. The Labute approximate surface area is 103 Å². The molecule has 0 fully saturated rings. The first-order valence-corrected chi connectivity index (χ1v) is 6.23. The Balaban J connectivity index is 1.72. The molecule has 3 rings (SSSR count). The third-order valence-corrected chi connectivity index (χ3v) is 3.42. The van der Waals surface area contributed by atoms with Gasteiger partial charge in [0.25, 0.3) is 0 Å². The Morgan fingerprint density at radius 1 is 1.53 bits per heavy atom. The van der Waals surface area contributed by atoms with Crippen LogP contribution in [0.2, 0.25) is 0 Å². The van der Waals surface area contributed by atoms with E-state index in [-0.39, 0.29) is 6.04 Å². The topological polar surface area (TPSA) is 57.4 Å². The van der Waals surface area contributed by atoms with E-state index in [9.17, 15) is 0 Å². The van der Waals surface area contributed by atoms with Gasteiger partial charge in [0.05, 0.1) is 16.4 Å². The Hall–Kier alpha value is -1.59. The molecule has 0 amide bonds. The molecule has 0 aliphatic carbocycles. The number of nitrogens with two attached hydrogens (primary N) is 1. The van der Waals surface area contributed by atoms with Crippen LogP contribution in [0.4, 0.5) is 0 Å². The van der Waals surface area contributed by atoms with Gasteiger partial charge in [-0.1, -0.05) is 0 Å². The lowest BCUT2D eigenvalue weighted by molar-refractivity contribution is 0.303. The lowest BCUT2D eigenvalue weighted by Crippen LogP contribution is -2.10. The summed E-state index contributed by atoms with van der Waals surface area (Å²) < 4.78 is 11.1. The molecule has 2 aromatic rings. The van der Waals surface area contributed by atoms with Gasteiger partial charge < -0.3 is 15.2 Å². The van der Waals surface area contributed by atoms with Crippen LogP contribution in [0.25, 0.3) is 0 Å². The van der Waals surface area contributed by atoms with E-state index in [0.29, 0.717) is 13.2 Å². The summed E-state index contributed by atoms with van der Waals surface area (Å²) in [6, 6.07) is 5.77. The van der Waals surface area contributed by atoms with Crippen LogP contribution in [0, 0.1) is 0 Å². The van der Waals surface area contributed by atoms with Gasteiger partial charge in [0, 0.05) is 17.8 Å². The smallest absolute Gasteiger partial charge is 0.127 e. The van der Waals surface area contributed by atoms with Gasteiger partial charge in [-0.05, 0) is 12.1 Å². The third kappa shape index (κ3) is 2.11. The fourth-order valence-electron chi connectivity index (χ4n) is 1.77. The summed E-state index contributed by atoms with van der Waals surface area (Å²) in [5.41, 5.74) is 8.72. The molecule has 0 saturated carbocycles. The fraction of sp³-hybridized carbons (Fsp3) is 0.250. The van der Waals surface area contributed by atoms with Crippen LogP contribution < -0.4 is 15.2 Å². The van der Waals surface area contributed by atoms with Gasteiger partial charge in [0.15, 0.2) is 0 Å². The van der Waals surface area contributed by atoms with E-state index >= 15 is 0 Å². The van der Waals surface area contributed by atoms with Gasteiger partial charge >= 0.3 is 0 Å². The predicted molar refractivity (Wildman–Crippen MR) is 65.3 cm³/mol. The van der Waals surface area contributed by atoms with Crippen LogP contribution in [-0.4, -0.2) is 11.6 Å². The summed E-state index contributed by atoms with van der Waals surface area (Å²) in [4.78, 5) is 5.10. The molecule has 2 heterocycles. The summed E-state index contributed by atoms with van der Waals surface area (Å²) in [6.45, 7) is 1.09. The van der Waals surface area contributed by atoms with E-state index in [0.717, 1.165) is 21.9 Å². The molecular weight excluding hydrogens is 236 g/mol. The third-order valence-electron chi connectivity index (χ3n) is 2.67. The number of fused-ring (bicyclic) bond motifs is 1. The standard InChI is InChI=1S/C12H12N2O2S/c13-11-6-16-12-3-8(1-2-10(11)12)15-5-9-4-14-7-17-9/h1-4,7,11H,5-6,13H2. The molecule has 17 heavy (non-hydrogen) atoms. The maximum absolute atomic E-state index is 5.88. The van der Waals surface area contributed by atoms with E-state index in [1.165, 1.54) is 0 Å². The van der Waals surface area contributed by atoms with E-state index in [1.54, 1.807) is 16.8 Å². The van der Waals surface area contributed by atoms with E-state index < -0.39 is 0 Å². The zero-order valence-corrected chi connectivity index (χ0v) is 9.94. The van der Waals surface area contributed by atoms with Gasteiger partial charge in [-0.3, -0.25) is 4.98 Å². The number of ether oxygens (including phenoxy) is 2. The molecule has 0 spiro atoms. The van der Waals surface area contributed by atoms with Crippen molar-refractivity contribution in [1.82, 2.24) is 4.98 Å². The number of aromatic nitrogens is 1. The molecule has 2 N–H and O–H groups in total. The quantitative estimate of drug-likeness (QED) is 0.903. The molecular formula is C12H12N2O2S. The molecule has 1 aromatic carbocycles. The second-order valence-electron chi connectivity index (χ2n) is 3.87. The van der Waals surface area contributed by atoms with Crippen molar-refractivity contribution >= 4 is 11.3 Å². The zero-order valence-electron chi connectivity index (χ0n) is 9.13. The number of rotatable bonds is 3. The van der Waals surface area contributed by atoms with Crippen molar-refractivity contribution in [3.8, 4) is 11.5 Å². The number of hydrogen-bond acceptors (Lipinski definition) is 5. The average Bonchev–Trinajstić information content (AvgIpc) is 2.97. The van der Waals surface area contributed by atoms with Crippen LogP contribution >= 0.6 is 11.3 Å². The van der Waals surface area contributed by atoms with Gasteiger partial charge in [-0.2, -0.15) is 0 Å². The van der Waals surface area contributed by atoms with Crippen molar-refractivity contribution in [3.05, 3.63) is 40.3 Å². The fourth-order valence-corrected chi connectivity index (χ4v) is 2.28. The van der Waals surface area contributed by atoms with Gasteiger partial charge in [-0.15, -0.1) is 11.3 Å². The summed E-state index contributed by atoms with van der Waals surface area (Å²) >= 11 is 1.58. The van der Waals surface area contributed by atoms with E-state index in [4.69, 9.17) is 15.2 Å². The molecule has 1 atom stereocenters. The Morgan fingerprint density at radius 3 is 3.29 bits per heavy atom. The van der Waals surface area contributed by atoms with Crippen molar-refractivity contribution in [1.29, 1.82) is 0 Å². The zero-order chi connectivity index (χ0) is 11.7. The van der Waals surface area contributed by atoms with Gasteiger partial charge in [0.2, 0.25) is 0 Å². The van der Waals surface area contributed by atoms with Crippen LogP contribution in [0.1, 0.15) is 16.5 Å². The highest BCUT2D eigenvalue weighted by molar-refractivity contribution is 7.09. The minimum atomic E-state index is -0.0134. The van der Waals surface area contributed by atoms with Gasteiger partial charge in [0.1, 0.15) is 24.7 Å². The maximum Gasteiger partial charge on any atom is 0.127 e. The molecule has 0 bridgehead atoms. The second-order valence-corrected chi connectivity index (χ2v) is 4.84. The van der Waals surface area contributed by atoms with Crippen LogP contribution in [0.3, 0.4) is 0 Å². The molecule has 1 aromatic heterocycles. The van der Waals surface area contributed by atoms with Gasteiger partial charge in [-0.25, -0.2) is 0 Å². The first kappa shape index (κ1) is 10.6. The first-order chi connectivity index (χ1) is 8.33. The minimum Gasteiger partial charge on any atom is -0.491 e. The van der Waals surface area contributed by atoms with E-state index in [1.807, 2.05) is 24.4 Å². The van der Waals surface area contributed by atoms with Crippen molar-refractivity contribution in [2.24, 2.45) is 5.73 Å². The molecule has 1 aliphatic heterocycles. The van der Waals surface area contributed by atoms with Crippen LogP contribution in [-0.2, 0) is 6.61 Å². The molecule has 1 unspecified atom stereocenters. The minimum absolute atomic E-state index is 0.0134. The van der Waals surface area contributed by atoms with Crippen molar-refractivity contribution in [2.75, 3.05) is 6.61 Å². The average molecular weight is 248 g/mol. The number of nitrogens with zero attached hydrogens (tertiary/aromatic N) is 1. The van der Waals surface area contributed by atoms with Crippen LogP contribution in [0.15, 0.2) is 29.9 Å². The highest BCUT2D eigenvalue weighted by atomic mass is 32.1. The van der Waals surface area contributed by atoms with E-state index in [2.05, 4.69) is 4.98 Å². The molecule has 0 saturated heterocycles. The second kappa shape index (κ2) is 4.35. The first-order valence-electron chi connectivity index (χ1n) is 5.35. The number of hydrogen-bond donors (Lipinski definition) is 1.